The van der Waals surface area contributed by atoms with Crippen LogP contribution in [0.2, 0.25) is 0 Å². The maximum absolute atomic E-state index is 5.07. The van der Waals surface area contributed by atoms with Crippen LogP contribution in [0.5, 0.6) is 11.8 Å². The molecule has 0 spiro atoms. The minimum atomic E-state index is 0.590. The van der Waals surface area contributed by atoms with Gasteiger partial charge in [-0.25, -0.2) is 9.97 Å². The average Bonchev–Trinajstić information content (AvgIpc) is 2.62. The van der Waals surface area contributed by atoms with Gasteiger partial charge in [0.15, 0.2) is 0 Å². The number of methoxy groups -OCH3 is 2. The van der Waals surface area contributed by atoms with E-state index in [1.165, 1.54) is 0 Å². The van der Waals surface area contributed by atoms with Gasteiger partial charge in [0, 0.05) is 59.2 Å². The summed E-state index contributed by atoms with van der Waals surface area (Å²) in [6, 6.07) is 9.63. The van der Waals surface area contributed by atoms with Gasteiger partial charge >= 0.3 is 0 Å². The second-order valence-corrected chi connectivity index (χ2v) is 4.64. The highest BCUT2D eigenvalue weighted by molar-refractivity contribution is 5.71. The van der Waals surface area contributed by atoms with Crippen molar-refractivity contribution in [2.75, 3.05) is 14.2 Å². The molecular weight excluding hydrogens is 278 g/mol. The second-order valence-electron chi connectivity index (χ2n) is 4.64. The predicted molar refractivity (Wildman–Crippen MR) is 83.8 cm³/mol. The number of rotatable bonds is 4. The lowest BCUT2D eigenvalue weighted by Crippen LogP contribution is -1.90. The number of ether oxygens (including phenoxy) is 2. The van der Waals surface area contributed by atoms with Crippen molar-refractivity contribution in [2.24, 2.45) is 0 Å². The van der Waals surface area contributed by atoms with Crippen LogP contribution in [-0.4, -0.2) is 29.2 Å². The lowest BCUT2D eigenvalue weighted by molar-refractivity contribution is 0.398. The standard InChI is InChI=1S/C17H15N3O2/c1-21-16-5-3-12(10-19-16)14-7-15(9-18-8-14)13-4-6-17(22-2)20-11-13/h3-11H,1-2H3. The second kappa shape index (κ2) is 6.22. The fourth-order valence-corrected chi connectivity index (χ4v) is 2.10. The van der Waals surface area contributed by atoms with Gasteiger partial charge in [-0.05, 0) is 18.2 Å². The van der Waals surface area contributed by atoms with Crippen molar-refractivity contribution in [1.29, 1.82) is 0 Å². The molecule has 0 aliphatic heterocycles. The van der Waals surface area contributed by atoms with Crippen molar-refractivity contribution in [3.05, 3.63) is 55.1 Å². The van der Waals surface area contributed by atoms with Gasteiger partial charge in [0.25, 0.3) is 0 Å². The molecule has 22 heavy (non-hydrogen) atoms. The molecule has 0 atom stereocenters. The van der Waals surface area contributed by atoms with Crippen LogP contribution in [0.1, 0.15) is 0 Å². The fraction of sp³-hybridized carbons (Fsp3) is 0.118. The third-order valence-electron chi connectivity index (χ3n) is 3.30. The summed E-state index contributed by atoms with van der Waals surface area (Å²) in [5, 5.41) is 0. The molecule has 0 N–H and O–H groups in total. The van der Waals surface area contributed by atoms with Crippen molar-refractivity contribution in [3.8, 4) is 34.0 Å². The average molecular weight is 293 g/mol. The van der Waals surface area contributed by atoms with Gasteiger partial charge in [-0.15, -0.1) is 0 Å². The Morgan fingerprint density at radius 2 is 1.14 bits per heavy atom. The Morgan fingerprint density at radius 1 is 0.636 bits per heavy atom. The number of pyridine rings is 3. The van der Waals surface area contributed by atoms with Crippen LogP contribution in [0.3, 0.4) is 0 Å². The van der Waals surface area contributed by atoms with Crippen molar-refractivity contribution >= 4 is 0 Å². The summed E-state index contributed by atoms with van der Waals surface area (Å²) in [6.45, 7) is 0. The van der Waals surface area contributed by atoms with E-state index in [4.69, 9.17) is 9.47 Å². The lowest BCUT2D eigenvalue weighted by Gasteiger charge is -2.06. The van der Waals surface area contributed by atoms with Crippen molar-refractivity contribution in [2.45, 2.75) is 0 Å². The van der Waals surface area contributed by atoms with Crippen molar-refractivity contribution in [1.82, 2.24) is 15.0 Å². The summed E-state index contributed by atoms with van der Waals surface area (Å²) in [5.41, 5.74) is 3.94. The Balaban J connectivity index is 1.93. The Morgan fingerprint density at radius 3 is 1.50 bits per heavy atom. The maximum Gasteiger partial charge on any atom is 0.212 e. The molecule has 3 aromatic rings. The lowest BCUT2D eigenvalue weighted by atomic mass is 10.0. The van der Waals surface area contributed by atoms with Crippen LogP contribution in [-0.2, 0) is 0 Å². The van der Waals surface area contributed by atoms with E-state index < -0.39 is 0 Å². The maximum atomic E-state index is 5.07. The largest absolute Gasteiger partial charge is 0.481 e. The van der Waals surface area contributed by atoms with E-state index in [1.807, 2.05) is 36.7 Å². The Hall–Kier alpha value is -2.95. The topological polar surface area (TPSA) is 57.1 Å². The number of hydrogen-bond donors (Lipinski definition) is 0. The zero-order valence-electron chi connectivity index (χ0n) is 12.4. The molecule has 0 radical (unpaired) electrons. The Bertz CT molecular complexity index is 693. The van der Waals surface area contributed by atoms with Crippen molar-refractivity contribution < 1.29 is 9.47 Å². The van der Waals surface area contributed by atoms with Crippen LogP contribution in [0.25, 0.3) is 22.3 Å². The highest BCUT2D eigenvalue weighted by atomic mass is 16.5. The minimum absolute atomic E-state index is 0.590. The molecule has 0 aliphatic carbocycles. The summed E-state index contributed by atoms with van der Waals surface area (Å²) in [7, 11) is 3.20. The zero-order valence-corrected chi connectivity index (χ0v) is 12.4. The molecule has 0 aromatic carbocycles. The van der Waals surface area contributed by atoms with Gasteiger partial charge in [0.05, 0.1) is 14.2 Å². The molecule has 5 nitrogen and oxygen atoms in total. The quantitative estimate of drug-likeness (QED) is 0.739. The molecule has 0 amide bonds. The molecule has 3 heterocycles. The van der Waals surface area contributed by atoms with Crippen LogP contribution in [0, 0.1) is 0 Å². The van der Waals surface area contributed by atoms with E-state index in [0.29, 0.717) is 11.8 Å². The molecule has 0 saturated heterocycles. The van der Waals surface area contributed by atoms with Crippen LogP contribution >= 0.6 is 0 Å². The van der Waals surface area contributed by atoms with Gasteiger partial charge in [-0.3, -0.25) is 4.98 Å². The molecule has 3 aromatic heterocycles. The first-order valence-corrected chi connectivity index (χ1v) is 6.76. The summed E-state index contributed by atoms with van der Waals surface area (Å²) in [4.78, 5) is 12.7. The molecule has 110 valence electrons. The predicted octanol–water partition coefficient (Wildman–Crippen LogP) is 3.22. The molecule has 0 saturated carbocycles. The number of hydrogen-bond acceptors (Lipinski definition) is 5. The highest BCUT2D eigenvalue weighted by Gasteiger charge is 2.04. The Kier molecular flexibility index (Phi) is 3.96. The SMILES string of the molecule is COc1ccc(-c2cncc(-c3ccc(OC)nc3)c2)cn1. The summed E-state index contributed by atoms with van der Waals surface area (Å²) in [5.74, 6) is 1.18. The third-order valence-corrected chi connectivity index (χ3v) is 3.30. The van der Waals surface area contributed by atoms with Gasteiger partial charge in [0.2, 0.25) is 11.8 Å². The first-order valence-electron chi connectivity index (χ1n) is 6.76. The molecule has 0 bridgehead atoms. The van der Waals surface area contributed by atoms with E-state index in [2.05, 4.69) is 21.0 Å². The van der Waals surface area contributed by atoms with Crippen LogP contribution < -0.4 is 9.47 Å². The number of nitrogens with zero attached hydrogens (tertiary/aromatic N) is 3. The monoisotopic (exact) mass is 293 g/mol. The van der Waals surface area contributed by atoms with Crippen LogP contribution in [0.15, 0.2) is 55.1 Å². The summed E-state index contributed by atoms with van der Waals surface area (Å²) >= 11 is 0. The minimum Gasteiger partial charge on any atom is -0.481 e. The first-order chi connectivity index (χ1) is 10.8. The molecule has 0 unspecified atom stereocenters. The van der Waals surface area contributed by atoms with E-state index in [-0.39, 0.29) is 0 Å². The van der Waals surface area contributed by atoms with E-state index in [9.17, 15) is 0 Å². The molecular formula is C17H15N3O2. The van der Waals surface area contributed by atoms with Gasteiger partial charge in [-0.1, -0.05) is 0 Å². The zero-order chi connectivity index (χ0) is 15.4. The first kappa shape index (κ1) is 14.0. The normalized spacial score (nSPS) is 10.3. The summed E-state index contributed by atoms with van der Waals surface area (Å²) < 4.78 is 10.1. The molecule has 0 fully saturated rings. The van der Waals surface area contributed by atoms with E-state index in [0.717, 1.165) is 22.3 Å². The number of aromatic nitrogens is 3. The van der Waals surface area contributed by atoms with Crippen molar-refractivity contribution in [3.63, 3.8) is 0 Å². The molecule has 3 rings (SSSR count). The summed E-state index contributed by atoms with van der Waals surface area (Å²) in [6.07, 6.45) is 7.16. The van der Waals surface area contributed by atoms with E-state index in [1.54, 1.807) is 26.6 Å². The van der Waals surface area contributed by atoms with Gasteiger partial charge in [-0.2, -0.15) is 0 Å². The van der Waals surface area contributed by atoms with E-state index >= 15 is 0 Å². The molecule has 5 heteroatoms. The van der Waals surface area contributed by atoms with Gasteiger partial charge < -0.3 is 9.47 Å². The smallest absolute Gasteiger partial charge is 0.212 e. The molecule has 0 aliphatic rings. The highest BCUT2D eigenvalue weighted by Crippen LogP contribution is 2.26. The fourth-order valence-electron chi connectivity index (χ4n) is 2.10. The third kappa shape index (κ3) is 2.88. The van der Waals surface area contributed by atoms with Gasteiger partial charge in [0.1, 0.15) is 0 Å². The Labute approximate surface area is 128 Å². The van der Waals surface area contributed by atoms with Crippen LogP contribution in [0.4, 0.5) is 0 Å².